The highest BCUT2D eigenvalue weighted by Gasteiger charge is 2.56. The fraction of sp³-hybridized carbons (Fsp3) is 0.512. The maximum absolute atomic E-state index is 14.1. The van der Waals surface area contributed by atoms with Crippen molar-refractivity contribution in [3.63, 3.8) is 0 Å². The number of hydrogen-bond donors (Lipinski definition) is 2. The quantitative estimate of drug-likeness (QED) is 0.280. The van der Waals surface area contributed by atoms with Gasteiger partial charge >= 0.3 is 6.09 Å². The SMILES string of the molecule is Cc1c([C@H](C)[C@H]2[C@H](O)C[C@H](C)CN2C(=O)OCC2c3ccccc3-c3ccccc32)ccc2c1C[C@@H]1[C@@]3(C)CC[C@H](O)CC3=CC[C@@]21C. The Morgan fingerprint density at radius 3 is 2.38 bits per heavy atom. The van der Waals surface area contributed by atoms with E-state index in [1.54, 1.807) is 0 Å². The molecule has 1 saturated heterocycles. The van der Waals surface area contributed by atoms with Crippen molar-refractivity contribution in [2.24, 2.45) is 17.3 Å². The van der Waals surface area contributed by atoms with Gasteiger partial charge in [-0.25, -0.2) is 4.79 Å². The minimum atomic E-state index is -0.628. The molecule has 0 radical (unpaired) electrons. The molecular formula is C43H51NO4. The summed E-state index contributed by atoms with van der Waals surface area (Å²) >= 11 is 0. The predicted octanol–water partition coefficient (Wildman–Crippen LogP) is 8.43. The molecule has 2 N–H and O–H groups in total. The van der Waals surface area contributed by atoms with Gasteiger partial charge in [-0.2, -0.15) is 0 Å². The molecule has 0 bridgehead atoms. The average molecular weight is 646 g/mol. The number of benzene rings is 3. The van der Waals surface area contributed by atoms with Crippen LogP contribution in [-0.4, -0.2) is 52.6 Å². The Kier molecular flexibility index (Phi) is 7.69. The summed E-state index contributed by atoms with van der Waals surface area (Å²) in [4.78, 5) is 15.9. The molecule has 1 saturated carbocycles. The Hall–Kier alpha value is -3.41. The van der Waals surface area contributed by atoms with Gasteiger partial charge in [-0.05, 0) is 107 Å². The number of hydrogen-bond acceptors (Lipinski definition) is 4. The number of amides is 1. The third-order valence-electron chi connectivity index (χ3n) is 13.6. The number of aliphatic hydroxyl groups is 2. The minimum absolute atomic E-state index is 0.00231. The van der Waals surface area contributed by atoms with Crippen molar-refractivity contribution in [3.8, 4) is 11.1 Å². The first-order chi connectivity index (χ1) is 23.0. The molecule has 3 aromatic carbocycles. The molecule has 5 nitrogen and oxygen atoms in total. The van der Waals surface area contributed by atoms with Crippen LogP contribution in [0.1, 0.15) is 105 Å². The van der Waals surface area contributed by atoms with Crippen LogP contribution in [0.15, 0.2) is 72.3 Å². The number of piperidine rings is 1. The number of aliphatic hydroxyl groups excluding tert-OH is 2. The smallest absolute Gasteiger partial charge is 0.410 e. The largest absolute Gasteiger partial charge is 0.448 e. The normalized spacial score (nSPS) is 32.8. The molecule has 0 aromatic heterocycles. The second-order valence-electron chi connectivity index (χ2n) is 16.4. The van der Waals surface area contributed by atoms with Gasteiger partial charge in [0.2, 0.25) is 0 Å². The number of allylic oxidation sites excluding steroid dienone is 1. The fourth-order valence-electron chi connectivity index (χ4n) is 11.1. The minimum Gasteiger partial charge on any atom is -0.448 e. The van der Waals surface area contributed by atoms with Gasteiger partial charge in [0, 0.05) is 23.8 Å². The Morgan fingerprint density at radius 2 is 1.67 bits per heavy atom. The summed E-state index contributed by atoms with van der Waals surface area (Å²) in [5, 5.41) is 22.1. The van der Waals surface area contributed by atoms with E-state index in [9.17, 15) is 15.0 Å². The van der Waals surface area contributed by atoms with Gasteiger partial charge in [-0.3, -0.25) is 0 Å². The van der Waals surface area contributed by atoms with Crippen LogP contribution in [0.4, 0.5) is 4.79 Å². The van der Waals surface area contributed by atoms with Crippen LogP contribution in [0.2, 0.25) is 0 Å². The first-order valence-electron chi connectivity index (χ1n) is 18.3. The van der Waals surface area contributed by atoms with E-state index in [1.807, 2.05) is 4.90 Å². The van der Waals surface area contributed by atoms with E-state index in [-0.39, 0.29) is 53.4 Å². The van der Waals surface area contributed by atoms with E-state index in [0.717, 1.165) is 32.1 Å². The van der Waals surface area contributed by atoms with E-state index in [4.69, 9.17) is 4.74 Å². The summed E-state index contributed by atoms with van der Waals surface area (Å²) in [5.41, 5.74) is 11.9. The molecule has 4 aliphatic carbocycles. The number of carbonyl (C=O) groups is 1. The lowest BCUT2D eigenvalue weighted by Crippen LogP contribution is -2.56. The van der Waals surface area contributed by atoms with Crippen LogP contribution in [0, 0.1) is 24.2 Å². The van der Waals surface area contributed by atoms with Crippen LogP contribution >= 0.6 is 0 Å². The van der Waals surface area contributed by atoms with Crippen molar-refractivity contribution >= 4 is 6.09 Å². The molecule has 1 amide bonds. The lowest BCUT2D eigenvalue weighted by atomic mass is 9.52. The summed E-state index contributed by atoms with van der Waals surface area (Å²) < 4.78 is 6.19. The summed E-state index contributed by atoms with van der Waals surface area (Å²) in [7, 11) is 0. The van der Waals surface area contributed by atoms with Gasteiger partial charge < -0.3 is 19.8 Å². The third kappa shape index (κ3) is 4.75. The highest BCUT2D eigenvalue weighted by Crippen LogP contribution is 2.62. The Balaban J connectivity index is 1.06. The Bertz CT molecular complexity index is 1750. The number of rotatable bonds is 4. The van der Waals surface area contributed by atoms with Crippen LogP contribution in [0.5, 0.6) is 0 Å². The Morgan fingerprint density at radius 1 is 0.979 bits per heavy atom. The van der Waals surface area contributed by atoms with E-state index in [1.165, 1.54) is 50.1 Å². The molecule has 3 aromatic rings. The summed E-state index contributed by atoms with van der Waals surface area (Å²) in [6, 6.07) is 21.1. The molecule has 8 rings (SSSR count). The van der Waals surface area contributed by atoms with E-state index < -0.39 is 6.10 Å². The zero-order valence-electron chi connectivity index (χ0n) is 29.2. The maximum Gasteiger partial charge on any atom is 0.410 e. The van der Waals surface area contributed by atoms with Gasteiger partial charge in [0.05, 0.1) is 18.2 Å². The zero-order chi connectivity index (χ0) is 33.5. The first kappa shape index (κ1) is 31.8. The molecule has 2 fully saturated rings. The molecule has 252 valence electrons. The standard InChI is InChI=1S/C43H51NO4/c1-25-20-38(46)40(44(23-25)41(47)48-24-36-33-12-8-6-10-31(33)32-11-7-9-13-34(32)36)27(3)30-14-15-37-35(26(30)2)22-39-42(4)19-17-29(45)21-28(42)16-18-43(37,39)5/h6-16,25,27,29,36,38-40,45-46H,17-24H2,1-5H3/t25-,27-,29-,38+,39+,40-,42-,43-/m0/s1. The molecule has 0 unspecified atom stereocenters. The fourth-order valence-corrected chi connectivity index (χ4v) is 11.1. The van der Waals surface area contributed by atoms with Crippen molar-refractivity contribution in [2.45, 2.75) is 109 Å². The van der Waals surface area contributed by atoms with E-state index in [2.05, 4.69) is 101 Å². The van der Waals surface area contributed by atoms with E-state index in [0.29, 0.717) is 18.9 Å². The van der Waals surface area contributed by atoms with Gasteiger partial charge in [-0.15, -0.1) is 0 Å². The van der Waals surface area contributed by atoms with Crippen LogP contribution in [-0.2, 0) is 16.6 Å². The third-order valence-corrected chi connectivity index (χ3v) is 13.6. The second-order valence-corrected chi connectivity index (χ2v) is 16.4. The van der Waals surface area contributed by atoms with Crippen molar-refractivity contribution in [1.29, 1.82) is 0 Å². The molecule has 48 heavy (non-hydrogen) atoms. The lowest BCUT2D eigenvalue weighted by molar-refractivity contribution is -0.0210. The monoisotopic (exact) mass is 645 g/mol. The molecule has 1 heterocycles. The van der Waals surface area contributed by atoms with Crippen LogP contribution < -0.4 is 0 Å². The number of likely N-dealkylation sites (tertiary alicyclic amines) is 1. The predicted molar refractivity (Wildman–Crippen MR) is 190 cm³/mol. The molecule has 5 heteroatoms. The topological polar surface area (TPSA) is 70.0 Å². The molecular weight excluding hydrogens is 594 g/mol. The summed E-state index contributed by atoms with van der Waals surface area (Å²) in [6.07, 6.45) is 6.74. The number of ether oxygens (including phenoxy) is 1. The average Bonchev–Trinajstić information content (AvgIpc) is 3.57. The Labute approximate surface area is 286 Å². The van der Waals surface area contributed by atoms with Gasteiger partial charge in [-0.1, -0.05) is 100 Å². The highest BCUT2D eigenvalue weighted by molar-refractivity contribution is 5.79. The van der Waals surface area contributed by atoms with Crippen molar-refractivity contribution in [2.75, 3.05) is 13.2 Å². The van der Waals surface area contributed by atoms with Crippen molar-refractivity contribution < 1.29 is 19.7 Å². The number of nitrogens with zero attached hydrogens (tertiary/aromatic N) is 1. The first-order valence-corrected chi connectivity index (χ1v) is 18.3. The second kappa shape index (κ2) is 11.6. The van der Waals surface area contributed by atoms with Crippen LogP contribution in [0.3, 0.4) is 0 Å². The summed E-state index contributed by atoms with van der Waals surface area (Å²) in [5.74, 6) is 0.639. The molecule has 0 spiro atoms. The zero-order valence-corrected chi connectivity index (χ0v) is 29.2. The summed E-state index contributed by atoms with van der Waals surface area (Å²) in [6.45, 7) is 12.3. The lowest BCUT2D eigenvalue weighted by Gasteiger charge is -2.52. The maximum atomic E-state index is 14.1. The molecule has 1 aliphatic heterocycles. The van der Waals surface area contributed by atoms with Crippen molar-refractivity contribution in [3.05, 3.63) is 106 Å². The van der Waals surface area contributed by atoms with E-state index >= 15 is 0 Å². The van der Waals surface area contributed by atoms with Crippen LogP contribution in [0.25, 0.3) is 11.1 Å². The van der Waals surface area contributed by atoms with Gasteiger partial charge in [0.1, 0.15) is 6.61 Å². The molecule has 5 aliphatic rings. The van der Waals surface area contributed by atoms with Gasteiger partial charge in [0.25, 0.3) is 0 Å². The highest BCUT2D eigenvalue weighted by atomic mass is 16.6. The van der Waals surface area contributed by atoms with Crippen molar-refractivity contribution in [1.82, 2.24) is 4.90 Å². The van der Waals surface area contributed by atoms with Gasteiger partial charge in [0.15, 0.2) is 0 Å². The number of fused-ring (bicyclic) bond motifs is 8. The number of carbonyl (C=O) groups excluding carboxylic acids is 1. The molecule has 8 atom stereocenters.